The van der Waals surface area contributed by atoms with E-state index in [1.807, 2.05) is 0 Å². The molecule has 0 heterocycles. The summed E-state index contributed by atoms with van der Waals surface area (Å²) >= 11 is 0. The van der Waals surface area contributed by atoms with Gasteiger partial charge >= 0.3 is 0 Å². The van der Waals surface area contributed by atoms with Crippen LogP contribution in [0.5, 0.6) is 0 Å². The van der Waals surface area contributed by atoms with Crippen molar-refractivity contribution < 1.29 is 4.74 Å². The maximum absolute atomic E-state index is 5.88. The zero-order valence-electron chi connectivity index (χ0n) is 9.70. The van der Waals surface area contributed by atoms with E-state index < -0.39 is 0 Å². The van der Waals surface area contributed by atoms with Crippen LogP contribution < -0.4 is 5.73 Å². The molecule has 0 aromatic rings. The van der Waals surface area contributed by atoms with Crippen molar-refractivity contribution in [3.63, 3.8) is 0 Å². The summed E-state index contributed by atoms with van der Waals surface area (Å²) in [5, 5.41) is 0. The Morgan fingerprint density at radius 1 is 1.36 bits per heavy atom. The monoisotopic (exact) mass is 200 g/mol. The molecule has 0 saturated heterocycles. The fourth-order valence-electron chi connectivity index (χ4n) is 2.17. The minimum Gasteiger partial charge on any atom is -0.380 e. The number of nitrogens with zero attached hydrogens (tertiary/aromatic N) is 1. The normalized spacial score (nSPS) is 30.6. The Kier molecular flexibility index (Phi) is 4.85. The summed E-state index contributed by atoms with van der Waals surface area (Å²) < 4.78 is 5.27. The maximum atomic E-state index is 5.88. The van der Waals surface area contributed by atoms with E-state index >= 15 is 0 Å². The summed E-state index contributed by atoms with van der Waals surface area (Å²) in [5.74, 6) is 0. The second-order valence-electron chi connectivity index (χ2n) is 4.55. The Morgan fingerprint density at radius 2 is 1.93 bits per heavy atom. The van der Waals surface area contributed by atoms with Gasteiger partial charge in [0.15, 0.2) is 0 Å². The van der Waals surface area contributed by atoms with Gasteiger partial charge in [0.1, 0.15) is 0 Å². The SMILES string of the molecule is COC(C)CN(C)C1CCC(N)CC1. The highest BCUT2D eigenvalue weighted by Gasteiger charge is 2.22. The third kappa shape index (κ3) is 3.56. The number of likely N-dealkylation sites (N-methyl/N-ethyl adjacent to an activating group) is 1. The van der Waals surface area contributed by atoms with Gasteiger partial charge in [-0.3, -0.25) is 0 Å². The van der Waals surface area contributed by atoms with Crippen LogP contribution in [0.15, 0.2) is 0 Å². The van der Waals surface area contributed by atoms with Gasteiger partial charge in [0.25, 0.3) is 0 Å². The Balaban J connectivity index is 2.26. The molecule has 0 aromatic carbocycles. The number of ether oxygens (including phenoxy) is 1. The van der Waals surface area contributed by atoms with Crippen molar-refractivity contribution in [3.05, 3.63) is 0 Å². The van der Waals surface area contributed by atoms with Crippen LogP contribution in [-0.4, -0.2) is 43.8 Å². The van der Waals surface area contributed by atoms with Gasteiger partial charge < -0.3 is 15.4 Å². The molecule has 14 heavy (non-hydrogen) atoms. The zero-order chi connectivity index (χ0) is 10.6. The van der Waals surface area contributed by atoms with Crippen LogP contribution in [0.2, 0.25) is 0 Å². The molecule has 0 aliphatic heterocycles. The van der Waals surface area contributed by atoms with Gasteiger partial charge in [-0.1, -0.05) is 0 Å². The second kappa shape index (κ2) is 5.69. The van der Waals surface area contributed by atoms with Crippen molar-refractivity contribution in [1.82, 2.24) is 4.90 Å². The van der Waals surface area contributed by atoms with Gasteiger partial charge in [0.2, 0.25) is 0 Å². The first-order chi connectivity index (χ1) is 6.63. The van der Waals surface area contributed by atoms with Gasteiger partial charge in [-0.25, -0.2) is 0 Å². The fraction of sp³-hybridized carbons (Fsp3) is 1.00. The molecule has 1 rings (SSSR count). The predicted octanol–water partition coefficient (Wildman–Crippen LogP) is 1.22. The standard InChI is InChI=1S/C11H24N2O/c1-9(14-3)8-13(2)11-6-4-10(12)5-7-11/h9-11H,4-8,12H2,1-3H3. The van der Waals surface area contributed by atoms with E-state index in [0.717, 1.165) is 6.54 Å². The molecule has 1 atom stereocenters. The quantitative estimate of drug-likeness (QED) is 0.741. The lowest BCUT2D eigenvalue weighted by atomic mass is 9.91. The first-order valence-electron chi connectivity index (χ1n) is 5.62. The number of methoxy groups -OCH3 is 1. The Labute approximate surface area is 87.6 Å². The molecule has 0 bridgehead atoms. The molecule has 1 aliphatic rings. The van der Waals surface area contributed by atoms with Crippen LogP contribution in [-0.2, 0) is 4.74 Å². The maximum Gasteiger partial charge on any atom is 0.0670 e. The second-order valence-corrected chi connectivity index (χ2v) is 4.55. The van der Waals surface area contributed by atoms with Gasteiger partial charge in [-0.05, 0) is 39.7 Å². The highest BCUT2D eigenvalue weighted by Crippen LogP contribution is 2.21. The van der Waals surface area contributed by atoms with Crippen molar-refractivity contribution in [1.29, 1.82) is 0 Å². The highest BCUT2D eigenvalue weighted by atomic mass is 16.5. The van der Waals surface area contributed by atoms with Crippen LogP contribution in [0.1, 0.15) is 32.6 Å². The van der Waals surface area contributed by atoms with Gasteiger partial charge in [0.05, 0.1) is 6.10 Å². The number of hydrogen-bond acceptors (Lipinski definition) is 3. The number of hydrogen-bond donors (Lipinski definition) is 1. The number of nitrogens with two attached hydrogens (primary N) is 1. The third-order valence-corrected chi connectivity index (χ3v) is 3.31. The summed E-state index contributed by atoms with van der Waals surface area (Å²) in [4.78, 5) is 2.42. The molecule has 0 spiro atoms. The Hall–Kier alpha value is -0.120. The van der Waals surface area contributed by atoms with Gasteiger partial charge in [-0.2, -0.15) is 0 Å². The predicted molar refractivity (Wildman–Crippen MR) is 59.3 cm³/mol. The molecule has 1 fully saturated rings. The van der Waals surface area contributed by atoms with Crippen molar-refractivity contribution in [2.24, 2.45) is 5.73 Å². The minimum absolute atomic E-state index is 0.329. The summed E-state index contributed by atoms with van der Waals surface area (Å²) in [5.41, 5.74) is 5.88. The summed E-state index contributed by atoms with van der Waals surface area (Å²) in [6.07, 6.45) is 5.17. The molecular formula is C11H24N2O. The topological polar surface area (TPSA) is 38.5 Å². The lowest BCUT2D eigenvalue weighted by Crippen LogP contribution is -2.41. The molecule has 1 aliphatic carbocycles. The number of rotatable bonds is 4. The summed E-state index contributed by atoms with van der Waals surface area (Å²) in [7, 11) is 3.96. The Bertz CT molecular complexity index is 155. The van der Waals surface area contributed by atoms with Crippen molar-refractivity contribution in [2.45, 2.75) is 50.8 Å². The molecule has 1 unspecified atom stereocenters. The van der Waals surface area contributed by atoms with E-state index in [1.165, 1.54) is 25.7 Å². The van der Waals surface area contributed by atoms with Crippen molar-refractivity contribution in [2.75, 3.05) is 20.7 Å². The molecule has 3 nitrogen and oxygen atoms in total. The molecule has 2 N–H and O–H groups in total. The van der Waals surface area contributed by atoms with Gasteiger partial charge in [-0.15, -0.1) is 0 Å². The van der Waals surface area contributed by atoms with Crippen LogP contribution in [0.25, 0.3) is 0 Å². The van der Waals surface area contributed by atoms with Gasteiger partial charge in [0, 0.05) is 25.7 Å². The highest BCUT2D eigenvalue weighted by molar-refractivity contribution is 4.80. The summed E-state index contributed by atoms with van der Waals surface area (Å²) in [6, 6.07) is 1.16. The largest absolute Gasteiger partial charge is 0.380 e. The zero-order valence-corrected chi connectivity index (χ0v) is 9.70. The molecule has 0 aromatic heterocycles. The van der Waals surface area contributed by atoms with Crippen LogP contribution in [0, 0.1) is 0 Å². The van der Waals surface area contributed by atoms with E-state index in [9.17, 15) is 0 Å². The van der Waals surface area contributed by atoms with E-state index in [-0.39, 0.29) is 0 Å². The first kappa shape index (κ1) is 12.0. The average Bonchev–Trinajstić information content (AvgIpc) is 2.18. The van der Waals surface area contributed by atoms with Crippen LogP contribution >= 0.6 is 0 Å². The van der Waals surface area contributed by atoms with E-state index in [0.29, 0.717) is 18.2 Å². The molecule has 0 radical (unpaired) electrons. The molecule has 84 valence electrons. The third-order valence-electron chi connectivity index (χ3n) is 3.31. The lowest BCUT2D eigenvalue weighted by Gasteiger charge is -2.34. The Morgan fingerprint density at radius 3 is 2.43 bits per heavy atom. The van der Waals surface area contributed by atoms with E-state index in [2.05, 4.69) is 18.9 Å². The van der Waals surface area contributed by atoms with Crippen molar-refractivity contribution in [3.8, 4) is 0 Å². The van der Waals surface area contributed by atoms with E-state index in [4.69, 9.17) is 10.5 Å². The lowest BCUT2D eigenvalue weighted by molar-refractivity contribution is 0.0627. The average molecular weight is 200 g/mol. The minimum atomic E-state index is 0.329. The molecule has 3 heteroatoms. The van der Waals surface area contributed by atoms with Crippen LogP contribution in [0.4, 0.5) is 0 Å². The summed E-state index contributed by atoms with van der Waals surface area (Å²) in [6.45, 7) is 3.14. The molecular weight excluding hydrogens is 176 g/mol. The molecule has 0 amide bonds. The fourth-order valence-corrected chi connectivity index (χ4v) is 2.17. The molecule has 1 saturated carbocycles. The van der Waals surface area contributed by atoms with E-state index in [1.54, 1.807) is 7.11 Å². The van der Waals surface area contributed by atoms with Crippen molar-refractivity contribution >= 4 is 0 Å². The smallest absolute Gasteiger partial charge is 0.0670 e. The first-order valence-corrected chi connectivity index (χ1v) is 5.62. The van der Waals surface area contributed by atoms with Crippen LogP contribution in [0.3, 0.4) is 0 Å².